The van der Waals surface area contributed by atoms with Crippen LogP contribution in [0.2, 0.25) is 0 Å². The number of ether oxygens (including phenoxy) is 1. The highest BCUT2D eigenvalue weighted by Crippen LogP contribution is 2.36. The highest BCUT2D eigenvalue weighted by Gasteiger charge is 2.26. The van der Waals surface area contributed by atoms with Crippen molar-refractivity contribution >= 4 is 11.8 Å². The molecule has 1 aromatic carbocycles. The second-order valence-electron chi connectivity index (χ2n) is 5.33. The summed E-state index contributed by atoms with van der Waals surface area (Å²) < 4.78 is 5.81. The van der Waals surface area contributed by atoms with Crippen LogP contribution in [0.15, 0.2) is 24.3 Å². The lowest BCUT2D eigenvalue weighted by molar-refractivity contribution is 0.242. The highest BCUT2D eigenvalue weighted by atomic mass is 32.2. The smallest absolute Gasteiger partial charge is 0.120 e. The molecule has 0 amide bonds. The lowest BCUT2D eigenvalue weighted by atomic mass is 10.0. The first-order chi connectivity index (χ1) is 9.20. The molecule has 2 rings (SSSR count). The monoisotopic (exact) mass is 279 g/mol. The van der Waals surface area contributed by atoms with Gasteiger partial charge in [0.25, 0.3) is 0 Å². The van der Waals surface area contributed by atoms with Gasteiger partial charge < -0.3 is 10.1 Å². The second kappa shape index (κ2) is 7.20. The van der Waals surface area contributed by atoms with Crippen LogP contribution in [0.4, 0.5) is 0 Å². The third-order valence-corrected chi connectivity index (χ3v) is 4.81. The standard InChI is InChI=1S/C16H25NOS/c1-4-17-16(15-9-6-10-19-15)13-7-5-8-14(11-13)18-12(2)3/h5,7-8,11-12,15-17H,4,6,9-10H2,1-3H3. The van der Waals surface area contributed by atoms with Gasteiger partial charge >= 0.3 is 0 Å². The van der Waals surface area contributed by atoms with Gasteiger partial charge in [0.05, 0.1) is 6.10 Å². The third kappa shape index (κ3) is 4.15. The number of benzene rings is 1. The first-order valence-electron chi connectivity index (χ1n) is 7.32. The molecule has 0 bridgehead atoms. The van der Waals surface area contributed by atoms with Crippen molar-refractivity contribution in [1.29, 1.82) is 0 Å². The molecule has 0 saturated carbocycles. The van der Waals surface area contributed by atoms with Gasteiger partial charge in [-0.25, -0.2) is 0 Å². The Kier molecular flexibility index (Phi) is 5.59. The zero-order valence-electron chi connectivity index (χ0n) is 12.2. The zero-order chi connectivity index (χ0) is 13.7. The highest BCUT2D eigenvalue weighted by molar-refractivity contribution is 8.00. The van der Waals surface area contributed by atoms with E-state index in [-0.39, 0.29) is 6.10 Å². The Hall–Kier alpha value is -0.670. The molecule has 0 radical (unpaired) electrons. The molecule has 1 aliphatic rings. The maximum atomic E-state index is 5.81. The van der Waals surface area contributed by atoms with E-state index < -0.39 is 0 Å². The molecule has 1 N–H and O–H groups in total. The molecular formula is C16H25NOS. The summed E-state index contributed by atoms with van der Waals surface area (Å²) >= 11 is 2.10. The number of rotatable bonds is 6. The minimum Gasteiger partial charge on any atom is -0.491 e. The molecule has 1 aliphatic heterocycles. The van der Waals surface area contributed by atoms with E-state index in [2.05, 4.69) is 56.0 Å². The molecule has 1 aromatic rings. The summed E-state index contributed by atoms with van der Waals surface area (Å²) in [6.07, 6.45) is 2.89. The Morgan fingerprint density at radius 2 is 2.26 bits per heavy atom. The van der Waals surface area contributed by atoms with Crippen LogP contribution in [-0.4, -0.2) is 23.7 Å². The van der Waals surface area contributed by atoms with E-state index in [0.29, 0.717) is 11.3 Å². The Morgan fingerprint density at radius 1 is 1.42 bits per heavy atom. The summed E-state index contributed by atoms with van der Waals surface area (Å²) in [7, 11) is 0. The van der Waals surface area contributed by atoms with Gasteiger partial charge in [-0.2, -0.15) is 11.8 Å². The normalized spacial score (nSPS) is 20.7. The molecule has 2 atom stereocenters. The van der Waals surface area contributed by atoms with Gasteiger partial charge in [-0.15, -0.1) is 0 Å². The van der Waals surface area contributed by atoms with E-state index in [0.717, 1.165) is 12.3 Å². The third-order valence-electron chi connectivity index (χ3n) is 3.35. The van der Waals surface area contributed by atoms with Crippen molar-refractivity contribution in [2.24, 2.45) is 0 Å². The number of thioether (sulfide) groups is 1. The van der Waals surface area contributed by atoms with E-state index in [1.54, 1.807) is 0 Å². The molecule has 0 aliphatic carbocycles. The van der Waals surface area contributed by atoms with Crippen LogP contribution >= 0.6 is 11.8 Å². The summed E-state index contributed by atoms with van der Waals surface area (Å²) in [4.78, 5) is 0. The molecule has 19 heavy (non-hydrogen) atoms. The lowest BCUT2D eigenvalue weighted by Crippen LogP contribution is -2.28. The van der Waals surface area contributed by atoms with Crippen molar-refractivity contribution in [2.75, 3.05) is 12.3 Å². The van der Waals surface area contributed by atoms with Crippen molar-refractivity contribution in [3.8, 4) is 5.75 Å². The molecule has 2 unspecified atom stereocenters. The summed E-state index contributed by atoms with van der Waals surface area (Å²) in [5.74, 6) is 2.28. The maximum Gasteiger partial charge on any atom is 0.120 e. The van der Waals surface area contributed by atoms with Gasteiger partial charge in [-0.1, -0.05) is 19.1 Å². The average molecular weight is 279 g/mol. The van der Waals surface area contributed by atoms with Crippen molar-refractivity contribution in [3.63, 3.8) is 0 Å². The van der Waals surface area contributed by atoms with E-state index >= 15 is 0 Å². The molecule has 0 spiro atoms. The van der Waals surface area contributed by atoms with Gasteiger partial charge in [0.2, 0.25) is 0 Å². The predicted molar refractivity (Wildman–Crippen MR) is 84.1 cm³/mol. The van der Waals surface area contributed by atoms with Crippen LogP contribution in [0.5, 0.6) is 5.75 Å². The fourth-order valence-corrected chi connectivity index (χ4v) is 4.02. The van der Waals surface area contributed by atoms with Crippen LogP contribution in [0.3, 0.4) is 0 Å². The van der Waals surface area contributed by atoms with Crippen molar-refractivity contribution in [3.05, 3.63) is 29.8 Å². The van der Waals surface area contributed by atoms with Crippen LogP contribution in [-0.2, 0) is 0 Å². The quantitative estimate of drug-likeness (QED) is 0.850. The van der Waals surface area contributed by atoms with Gasteiger partial charge in [0.1, 0.15) is 5.75 Å². The SMILES string of the molecule is CCNC(c1cccc(OC(C)C)c1)C1CCCS1. The number of hydrogen-bond donors (Lipinski definition) is 1. The first-order valence-corrected chi connectivity index (χ1v) is 8.37. The Balaban J connectivity index is 2.15. The molecular weight excluding hydrogens is 254 g/mol. The minimum atomic E-state index is 0.230. The summed E-state index contributed by atoms with van der Waals surface area (Å²) in [6.45, 7) is 7.33. The zero-order valence-corrected chi connectivity index (χ0v) is 13.0. The molecule has 3 heteroatoms. The fourth-order valence-electron chi connectivity index (χ4n) is 2.60. The van der Waals surface area contributed by atoms with Gasteiger partial charge in [-0.05, 0) is 56.7 Å². The second-order valence-corrected chi connectivity index (χ2v) is 6.67. The summed E-state index contributed by atoms with van der Waals surface area (Å²) in [5, 5.41) is 4.35. The molecule has 106 valence electrons. The van der Waals surface area contributed by atoms with E-state index in [4.69, 9.17) is 4.74 Å². The molecule has 1 heterocycles. The van der Waals surface area contributed by atoms with Gasteiger partial charge in [-0.3, -0.25) is 0 Å². The van der Waals surface area contributed by atoms with Crippen molar-refractivity contribution in [1.82, 2.24) is 5.32 Å². The van der Waals surface area contributed by atoms with Crippen molar-refractivity contribution < 1.29 is 4.74 Å². The van der Waals surface area contributed by atoms with Crippen LogP contribution < -0.4 is 10.1 Å². The molecule has 1 saturated heterocycles. The first kappa shape index (κ1) is 14.7. The Bertz CT molecular complexity index is 388. The van der Waals surface area contributed by atoms with Gasteiger partial charge in [0.15, 0.2) is 0 Å². The fraction of sp³-hybridized carbons (Fsp3) is 0.625. The lowest BCUT2D eigenvalue weighted by Gasteiger charge is -2.25. The largest absolute Gasteiger partial charge is 0.491 e. The molecule has 2 nitrogen and oxygen atoms in total. The number of hydrogen-bond acceptors (Lipinski definition) is 3. The Labute approximate surface area is 121 Å². The average Bonchev–Trinajstić information content (AvgIpc) is 2.89. The Morgan fingerprint density at radius 3 is 2.89 bits per heavy atom. The summed E-state index contributed by atoms with van der Waals surface area (Å²) in [6, 6.07) is 9.03. The predicted octanol–water partition coefficient (Wildman–Crippen LogP) is 4.02. The minimum absolute atomic E-state index is 0.230. The van der Waals surface area contributed by atoms with E-state index in [9.17, 15) is 0 Å². The van der Waals surface area contributed by atoms with Crippen LogP contribution in [0.1, 0.15) is 45.2 Å². The number of nitrogens with one attached hydrogen (secondary N) is 1. The topological polar surface area (TPSA) is 21.3 Å². The summed E-state index contributed by atoms with van der Waals surface area (Å²) in [5.41, 5.74) is 1.36. The maximum absolute atomic E-state index is 5.81. The van der Waals surface area contributed by atoms with E-state index in [1.807, 2.05) is 6.07 Å². The molecule has 0 aromatic heterocycles. The van der Waals surface area contributed by atoms with Gasteiger partial charge in [0, 0.05) is 11.3 Å². The van der Waals surface area contributed by atoms with Crippen LogP contribution in [0, 0.1) is 0 Å². The van der Waals surface area contributed by atoms with Crippen LogP contribution in [0.25, 0.3) is 0 Å². The molecule has 1 fully saturated rings. The van der Waals surface area contributed by atoms with E-state index in [1.165, 1.54) is 24.2 Å². The van der Waals surface area contributed by atoms with Crippen molar-refractivity contribution in [2.45, 2.75) is 51.0 Å².